The van der Waals surface area contributed by atoms with Gasteiger partial charge in [-0.05, 0) is 62.8 Å². The van der Waals surface area contributed by atoms with E-state index in [-0.39, 0.29) is 12.4 Å². The Bertz CT molecular complexity index is 880. The molecule has 8 nitrogen and oxygen atoms in total. The van der Waals surface area contributed by atoms with Gasteiger partial charge >= 0.3 is 5.91 Å². The SMILES string of the molecule is Cc1ccc(OCc2ccc(C(=O)NNC(=S)NCCCN3CCOCC3)o2)c(C)c1. The second kappa shape index (κ2) is 11.7. The third-order valence-electron chi connectivity index (χ3n) is 4.92. The van der Waals surface area contributed by atoms with Crippen LogP contribution in [0.4, 0.5) is 0 Å². The number of morpholine rings is 1. The molecule has 1 aromatic heterocycles. The highest BCUT2D eigenvalue weighted by atomic mass is 32.1. The molecule has 1 saturated heterocycles. The number of carbonyl (C=O) groups is 1. The normalized spacial score (nSPS) is 14.1. The largest absolute Gasteiger partial charge is 0.485 e. The summed E-state index contributed by atoms with van der Waals surface area (Å²) in [6.45, 7) is 9.53. The Labute approximate surface area is 188 Å². The van der Waals surface area contributed by atoms with Crippen LogP contribution >= 0.6 is 12.2 Å². The van der Waals surface area contributed by atoms with Gasteiger partial charge in [0.1, 0.15) is 18.1 Å². The second-order valence-electron chi connectivity index (χ2n) is 7.47. The lowest BCUT2D eigenvalue weighted by atomic mass is 10.1. The number of benzene rings is 1. The maximum Gasteiger partial charge on any atom is 0.305 e. The van der Waals surface area contributed by atoms with Gasteiger partial charge in [-0.25, -0.2) is 0 Å². The van der Waals surface area contributed by atoms with E-state index in [9.17, 15) is 4.79 Å². The molecule has 1 fully saturated rings. The molecule has 0 atom stereocenters. The van der Waals surface area contributed by atoms with Crippen molar-refractivity contribution in [3.63, 3.8) is 0 Å². The Kier molecular flexibility index (Phi) is 8.69. The molecule has 168 valence electrons. The molecule has 2 aromatic rings. The van der Waals surface area contributed by atoms with Gasteiger partial charge in [-0.3, -0.25) is 20.5 Å². The number of rotatable bonds is 8. The molecule has 31 heavy (non-hydrogen) atoms. The summed E-state index contributed by atoms with van der Waals surface area (Å²) in [7, 11) is 0. The van der Waals surface area contributed by atoms with Crippen molar-refractivity contribution in [3.8, 4) is 5.75 Å². The summed E-state index contributed by atoms with van der Waals surface area (Å²) in [6.07, 6.45) is 0.956. The minimum absolute atomic E-state index is 0.182. The Hall–Kier alpha value is -2.62. The summed E-state index contributed by atoms with van der Waals surface area (Å²) < 4.78 is 16.7. The number of nitrogens with zero attached hydrogens (tertiary/aromatic N) is 1. The van der Waals surface area contributed by atoms with E-state index in [4.69, 9.17) is 26.1 Å². The van der Waals surface area contributed by atoms with Crippen LogP contribution in [0, 0.1) is 13.8 Å². The van der Waals surface area contributed by atoms with Gasteiger partial charge in [-0.2, -0.15) is 0 Å². The second-order valence-corrected chi connectivity index (χ2v) is 7.87. The molecule has 0 aliphatic carbocycles. The highest BCUT2D eigenvalue weighted by molar-refractivity contribution is 7.80. The van der Waals surface area contributed by atoms with Crippen LogP contribution in [0.1, 0.15) is 33.9 Å². The number of thiocarbonyl (C=S) groups is 1. The topological polar surface area (TPSA) is 88.0 Å². The van der Waals surface area contributed by atoms with E-state index in [1.807, 2.05) is 26.0 Å². The van der Waals surface area contributed by atoms with Crippen molar-refractivity contribution >= 4 is 23.2 Å². The van der Waals surface area contributed by atoms with E-state index in [1.165, 1.54) is 5.56 Å². The van der Waals surface area contributed by atoms with Crippen LogP contribution in [0.25, 0.3) is 0 Å². The lowest BCUT2D eigenvalue weighted by Gasteiger charge is -2.26. The van der Waals surface area contributed by atoms with Gasteiger partial charge in [0.2, 0.25) is 0 Å². The van der Waals surface area contributed by atoms with Gasteiger partial charge in [0.05, 0.1) is 13.2 Å². The third-order valence-corrected chi connectivity index (χ3v) is 5.16. The number of furan rings is 1. The number of ether oxygens (including phenoxy) is 2. The Morgan fingerprint density at radius 2 is 1.97 bits per heavy atom. The van der Waals surface area contributed by atoms with Crippen molar-refractivity contribution in [3.05, 3.63) is 53.0 Å². The summed E-state index contributed by atoms with van der Waals surface area (Å²) >= 11 is 5.19. The van der Waals surface area contributed by atoms with Crippen LogP contribution in [0.15, 0.2) is 34.7 Å². The molecule has 2 heterocycles. The standard InChI is InChI=1S/C22H30N4O4S/c1-16-4-6-19(17(2)14-16)29-15-18-5-7-20(30-18)21(27)24-25-22(31)23-8-3-9-26-10-12-28-13-11-26/h4-7,14H,3,8-13,15H2,1-2H3,(H,24,27)(H2,23,25,31). The molecule has 3 rings (SSSR count). The zero-order valence-corrected chi connectivity index (χ0v) is 18.8. The number of hydrogen-bond acceptors (Lipinski definition) is 6. The maximum atomic E-state index is 12.3. The minimum Gasteiger partial charge on any atom is -0.485 e. The number of aryl methyl sites for hydroxylation is 2. The monoisotopic (exact) mass is 446 g/mol. The fourth-order valence-electron chi connectivity index (χ4n) is 3.24. The van der Waals surface area contributed by atoms with Crippen molar-refractivity contribution in [2.45, 2.75) is 26.9 Å². The molecule has 1 aromatic carbocycles. The average Bonchev–Trinajstić information content (AvgIpc) is 3.24. The Morgan fingerprint density at radius 3 is 2.74 bits per heavy atom. The zero-order valence-electron chi connectivity index (χ0n) is 18.0. The van der Waals surface area contributed by atoms with Gasteiger partial charge in [-0.1, -0.05) is 17.7 Å². The van der Waals surface area contributed by atoms with Crippen molar-refractivity contribution in [2.75, 3.05) is 39.4 Å². The molecule has 0 bridgehead atoms. The lowest BCUT2D eigenvalue weighted by Crippen LogP contribution is -2.47. The molecule has 9 heteroatoms. The van der Waals surface area contributed by atoms with E-state index >= 15 is 0 Å². The lowest BCUT2D eigenvalue weighted by molar-refractivity contribution is 0.0376. The molecule has 0 saturated carbocycles. The van der Waals surface area contributed by atoms with Crippen molar-refractivity contribution in [1.82, 2.24) is 21.1 Å². The van der Waals surface area contributed by atoms with Crippen LogP contribution in [0.5, 0.6) is 5.75 Å². The van der Waals surface area contributed by atoms with Crippen molar-refractivity contribution < 1.29 is 18.7 Å². The molecule has 0 radical (unpaired) electrons. The molecular formula is C22H30N4O4S. The van der Waals surface area contributed by atoms with E-state index in [1.54, 1.807) is 12.1 Å². The molecule has 0 unspecified atom stereocenters. The first kappa shape index (κ1) is 23.1. The highest BCUT2D eigenvalue weighted by Gasteiger charge is 2.13. The van der Waals surface area contributed by atoms with Crippen LogP contribution < -0.4 is 20.9 Å². The molecular weight excluding hydrogens is 416 g/mol. The van der Waals surface area contributed by atoms with E-state index in [0.29, 0.717) is 10.9 Å². The van der Waals surface area contributed by atoms with Gasteiger partial charge in [0.15, 0.2) is 10.9 Å². The average molecular weight is 447 g/mol. The van der Waals surface area contributed by atoms with Crippen LogP contribution in [-0.2, 0) is 11.3 Å². The van der Waals surface area contributed by atoms with Crippen molar-refractivity contribution in [2.24, 2.45) is 0 Å². The van der Waals surface area contributed by atoms with E-state index in [2.05, 4.69) is 27.1 Å². The van der Waals surface area contributed by atoms with Gasteiger partial charge < -0.3 is 19.2 Å². The summed E-state index contributed by atoms with van der Waals surface area (Å²) in [5.74, 6) is 1.13. The first-order valence-electron chi connectivity index (χ1n) is 10.4. The van der Waals surface area contributed by atoms with Gasteiger partial charge in [0, 0.05) is 19.6 Å². The molecule has 1 amide bonds. The summed E-state index contributed by atoms with van der Waals surface area (Å²) in [4.78, 5) is 14.6. The number of amides is 1. The first-order chi connectivity index (χ1) is 15.0. The smallest absolute Gasteiger partial charge is 0.305 e. The predicted octanol–water partition coefficient (Wildman–Crippen LogP) is 2.31. The molecule has 0 spiro atoms. The molecule has 3 N–H and O–H groups in total. The Morgan fingerprint density at radius 1 is 1.16 bits per heavy atom. The Balaban J connectivity index is 1.33. The van der Waals surface area contributed by atoms with Crippen LogP contribution in [-0.4, -0.2) is 55.3 Å². The molecule has 1 aliphatic rings. The maximum absolute atomic E-state index is 12.3. The van der Waals surface area contributed by atoms with Crippen molar-refractivity contribution in [1.29, 1.82) is 0 Å². The number of nitrogens with one attached hydrogen (secondary N) is 3. The summed E-state index contributed by atoms with van der Waals surface area (Å²) in [6, 6.07) is 9.31. The number of carbonyl (C=O) groups excluding carboxylic acids is 1. The summed E-state index contributed by atoms with van der Waals surface area (Å²) in [5.41, 5.74) is 7.47. The number of hydrogen-bond donors (Lipinski definition) is 3. The predicted molar refractivity (Wildman–Crippen MR) is 122 cm³/mol. The van der Waals surface area contributed by atoms with Gasteiger partial charge in [-0.15, -0.1) is 0 Å². The van der Waals surface area contributed by atoms with Crippen LogP contribution in [0.2, 0.25) is 0 Å². The fraction of sp³-hybridized carbons (Fsp3) is 0.455. The quantitative estimate of drug-likeness (QED) is 0.324. The first-order valence-corrected chi connectivity index (χ1v) is 10.8. The van der Waals surface area contributed by atoms with Crippen LogP contribution in [0.3, 0.4) is 0 Å². The summed E-state index contributed by atoms with van der Waals surface area (Å²) in [5, 5.41) is 3.44. The minimum atomic E-state index is -0.407. The fourth-order valence-corrected chi connectivity index (χ4v) is 3.39. The van der Waals surface area contributed by atoms with E-state index < -0.39 is 5.91 Å². The van der Waals surface area contributed by atoms with E-state index in [0.717, 1.165) is 57.1 Å². The zero-order chi connectivity index (χ0) is 22.1. The third kappa shape index (κ3) is 7.54. The molecule has 1 aliphatic heterocycles. The van der Waals surface area contributed by atoms with Gasteiger partial charge in [0.25, 0.3) is 0 Å². The highest BCUT2D eigenvalue weighted by Crippen LogP contribution is 2.20. The number of hydrazine groups is 1.